The summed E-state index contributed by atoms with van der Waals surface area (Å²) in [6.07, 6.45) is 2.66. The Hall–Kier alpha value is -2.15. The van der Waals surface area contributed by atoms with E-state index in [2.05, 4.69) is 15.6 Å². The van der Waals surface area contributed by atoms with Crippen LogP contribution in [0.4, 0.5) is 0 Å². The molecule has 1 N–H and O–H groups in total. The van der Waals surface area contributed by atoms with Crippen molar-refractivity contribution >= 4 is 5.91 Å². The third kappa shape index (κ3) is 3.20. The molecule has 1 aliphatic heterocycles. The van der Waals surface area contributed by atoms with Crippen molar-refractivity contribution in [2.75, 3.05) is 13.2 Å². The summed E-state index contributed by atoms with van der Waals surface area (Å²) in [7, 11) is 1.91. The van der Waals surface area contributed by atoms with Gasteiger partial charge in [0.2, 0.25) is 5.91 Å². The molecule has 0 aromatic carbocycles. The zero-order valence-corrected chi connectivity index (χ0v) is 15.5. The van der Waals surface area contributed by atoms with Crippen molar-refractivity contribution in [2.24, 2.45) is 13.0 Å². The van der Waals surface area contributed by atoms with E-state index < -0.39 is 5.41 Å². The maximum atomic E-state index is 12.8. The van der Waals surface area contributed by atoms with Gasteiger partial charge in [0.25, 0.3) is 0 Å². The maximum Gasteiger partial charge on any atom is 0.230 e. The molecule has 3 heterocycles. The third-order valence-corrected chi connectivity index (χ3v) is 5.12. The first kappa shape index (κ1) is 17.7. The molecule has 3 rings (SSSR count). The van der Waals surface area contributed by atoms with Gasteiger partial charge < -0.3 is 14.6 Å². The molecule has 25 heavy (non-hydrogen) atoms. The Bertz CT molecular complexity index is 743. The molecule has 1 fully saturated rings. The smallest absolute Gasteiger partial charge is 0.230 e. The second-order valence-corrected chi connectivity index (χ2v) is 7.25. The number of aromatic nitrogens is 3. The van der Waals surface area contributed by atoms with Crippen LogP contribution in [0.15, 0.2) is 16.8 Å². The Kier molecular flexibility index (Phi) is 4.69. The van der Waals surface area contributed by atoms with Crippen molar-refractivity contribution in [3.8, 4) is 0 Å². The number of rotatable bonds is 5. The van der Waals surface area contributed by atoms with Gasteiger partial charge in [-0.2, -0.15) is 5.10 Å². The quantitative estimate of drug-likeness (QED) is 0.897. The van der Waals surface area contributed by atoms with Gasteiger partial charge in [-0.15, -0.1) is 0 Å². The van der Waals surface area contributed by atoms with Crippen LogP contribution in [0.3, 0.4) is 0 Å². The Labute approximate surface area is 147 Å². The summed E-state index contributed by atoms with van der Waals surface area (Å²) in [6.45, 7) is 8.78. The predicted molar refractivity (Wildman–Crippen MR) is 92.0 cm³/mol. The van der Waals surface area contributed by atoms with E-state index in [1.807, 2.05) is 45.5 Å². The van der Waals surface area contributed by atoms with Crippen LogP contribution in [0, 0.1) is 19.8 Å². The Morgan fingerprint density at radius 2 is 2.20 bits per heavy atom. The van der Waals surface area contributed by atoms with E-state index >= 15 is 0 Å². The number of carbonyl (C=O) groups excluding carboxylic acids is 1. The molecule has 2 aromatic heterocycles. The minimum absolute atomic E-state index is 0.0300. The first-order valence-electron chi connectivity index (χ1n) is 8.63. The van der Waals surface area contributed by atoms with Crippen LogP contribution < -0.4 is 5.32 Å². The van der Waals surface area contributed by atoms with Gasteiger partial charge in [0, 0.05) is 37.9 Å². The van der Waals surface area contributed by atoms with Gasteiger partial charge in [-0.05, 0) is 40.2 Å². The standard InChI is InChI=1S/C18H26N4O3/c1-11-15(12(2)25-21-11)18(3,4)17(23)19-10-13-7-9-24-16(13)14-6-8-20-22(14)5/h6,8,13,16H,7,9-10H2,1-5H3,(H,19,23)/t13-,16+/m0/s1. The van der Waals surface area contributed by atoms with Crippen LogP contribution in [-0.4, -0.2) is 34.0 Å². The summed E-state index contributed by atoms with van der Waals surface area (Å²) in [4.78, 5) is 12.8. The Balaban J connectivity index is 1.68. The van der Waals surface area contributed by atoms with Gasteiger partial charge in [-0.25, -0.2) is 0 Å². The lowest BCUT2D eigenvalue weighted by molar-refractivity contribution is -0.126. The lowest BCUT2D eigenvalue weighted by atomic mass is 9.82. The monoisotopic (exact) mass is 346 g/mol. The molecule has 136 valence electrons. The van der Waals surface area contributed by atoms with E-state index in [0.29, 0.717) is 18.9 Å². The zero-order chi connectivity index (χ0) is 18.2. The molecule has 1 amide bonds. The minimum atomic E-state index is -0.699. The highest BCUT2D eigenvalue weighted by atomic mass is 16.5. The van der Waals surface area contributed by atoms with E-state index in [4.69, 9.17) is 9.26 Å². The number of hydrogen-bond acceptors (Lipinski definition) is 5. The van der Waals surface area contributed by atoms with E-state index in [9.17, 15) is 4.79 Å². The molecular weight excluding hydrogens is 320 g/mol. The third-order valence-electron chi connectivity index (χ3n) is 5.12. The number of nitrogens with zero attached hydrogens (tertiary/aromatic N) is 3. The van der Waals surface area contributed by atoms with Crippen LogP contribution in [0.5, 0.6) is 0 Å². The summed E-state index contributed by atoms with van der Waals surface area (Å²) < 4.78 is 12.9. The summed E-state index contributed by atoms with van der Waals surface area (Å²) in [5.74, 6) is 0.895. The van der Waals surface area contributed by atoms with Crippen molar-refractivity contribution in [1.82, 2.24) is 20.3 Å². The number of hydrogen-bond donors (Lipinski definition) is 1. The van der Waals surface area contributed by atoms with Crippen molar-refractivity contribution in [1.29, 1.82) is 0 Å². The molecule has 2 atom stereocenters. The summed E-state index contributed by atoms with van der Waals surface area (Å²) >= 11 is 0. The van der Waals surface area contributed by atoms with E-state index in [0.717, 1.165) is 23.4 Å². The number of nitrogens with one attached hydrogen (secondary N) is 1. The average Bonchev–Trinajstić information content (AvgIpc) is 3.25. The van der Waals surface area contributed by atoms with Crippen LogP contribution in [0.2, 0.25) is 0 Å². The highest BCUT2D eigenvalue weighted by Gasteiger charge is 2.37. The van der Waals surface area contributed by atoms with Crippen molar-refractivity contribution in [3.05, 3.63) is 35.0 Å². The minimum Gasteiger partial charge on any atom is -0.372 e. The van der Waals surface area contributed by atoms with Crippen molar-refractivity contribution in [3.63, 3.8) is 0 Å². The van der Waals surface area contributed by atoms with Crippen LogP contribution in [0.1, 0.15) is 49.1 Å². The van der Waals surface area contributed by atoms with Gasteiger partial charge in [0.1, 0.15) is 11.9 Å². The van der Waals surface area contributed by atoms with Crippen LogP contribution in [-0.2, 0) is 22.0 Å². The molecule has 7 nitrogen and oxygen atoms in total. The lowest BCUT2D eigenvalue weighted by Crippen LogP contribution is -2.43. The molecule has 0 bridgehead atoms. The molecule has 2 aromatic rings. The topological polar surface area (TPSA) is 82.2 Å². The zero-order valence-electron chi connectivity index (χ0n) is 15.5. The second-order valence-electron chi connectivity index (χ2n) is 7.25. The molecular formula is C18H26N4O3. The first-order chi connectivity index (χ1) is 11.8. The van der Waals surface area contributed by atoms with Gasteiger partial charge >= 0.3 is 0 Å². The second kappa shape index (κ2) is 6.63. The summed E-state index contributed by atoms with van der Waals surface area (Å²) in [5, 5.41) is 11.3. The van der Waals surface area contributed by atoms with Crippen LogP contribution >= 0.6 is 0 Å². The van der Waals surface area contributed by atoms with Gasteiger partial charge in [-0.3, -0.25) is 9.48 Å². The number of amides is 1. The van der Waals surface area contributed by atoms with Gasteiger partial charge in [-0.1, -0.05) is 5.16 Å². The molecule has 0 spiro atoms. The predicted octanol–water partition coefficient (Wildman–Crippen LogP) is 2.20. The van der Waals surface area contributed by atoms with Gasteiger partial charge in [0.15, 0.2) is 0 Å². The highest BCUT2D eigenvalue weighted by molar-refractivity contribution is 5.87. The number of ether oxygens (including phenoxy) is 1. The van der Waals surface area contributed by atoms with Crippen LogP contribution in [0.25, 0.3) is 0 Å². The lowest BCUT2D eigenvalue weighted by Gasteiger charge is -2.26. The Morgan fingerprint density at radius 1 is 1.44 bits per heavy atom. The normalized spacial score (nSPS) is 20.8. The fraction of sp³-hybridized carbons (Fsp3) is 0.611. The summed E-state index contributed by atoms with van der Waals surface area (Å²) in [6, 6.07) is 1.97. The average molecular weight is 346 g/mol. The first-order valence-corrected chi connectivity index (χ1v) is 8.63. The molecule has 1 aliphatic rings. The number of carbonyl (C=O) groups is 1. The molecule has 0 radical (unpaired) electrons. The van der Waals surface area contributed by atoms with E-state index in [1.54, 1.807) is 6.20 Å². The van der Waals surface area contributed by atoms with Crippen molar-refractivity contribution < 1.29 is 14.1 Å². The molecule has 0 saturated carbocycles. The highest BCUT2D eigenvalue weighted by Crippen LogP contribution is 2.34. The maximum absolute atomic E-state index is 12.8. The summed E-state index contributed by atoms with van der Waals surface area (Å²) in [5.41, 5.74) is 1.96. The SMILES string of the molecule is Cc1noc(C)c1C(C)(C)C(=O)NC[C@@H]1CCO[C@H]1c1ccnn1C. The number of aryl methyl sites for hydroxylation is 3. The molecule has 7 heteroatoms. The largest absolute Gasteiger partial charge is 0.372 e. The fourth-order valence-electron chi connectivity index (χ4n) is 3.77. The van der Waals surface area contributed by atoms with E-state index in [1.165, 1.54) is 0 Å². The molecule has 0 aliphatic carbocycles. The van der Waals surface area contributed by atoms with E-state index in [-0.39, 0.29) is 17.9 Å². The molecule has 0 unspecified atom stereocenters. The van der Waals surface area contributed by atoms with Crippen molar-refractivity contribution in [2.45, 2.75) is 45.6 Å². The van der Waals surface area contributed by atoms with Gasteiger partial charge in [0.05, 0.1) is 16.8 Å². The fourth-order valence-corrected chi connectivity index (χ4v) is 3.77. The molecule has 1 saturated heterocycles. The Morgan fingerprint density at radius 3 is 2.80 bits per heavy atom.